The van der Waals surface area contributed by atoms with Crippen LogP contribution in [0.3, 0.4) is 0 Å². The van der Waals surface area contributed by atoms with E-state index in [0.717, 1.165) is 56.3 Å². The fourth-order valence-electron chi connectivity index (χ4n) is 5.74. The molecule has 1 aliphatic heterocycles. The normalized spacial score (nSPS) is 16.2. The zero-order valence-corrected chi connectivity index (χ0v) is 26.1. The average Bonchev–Trinajstić information content (AvgIpc) is 3.67. The quantitative estimate of drug-likeness (QED) is 0.235. The number of aryl methyl sites for hydroxylation is 1. The van der Waals surface area contributed by atoms with E-state index >= 15 is 0 Å². The molecule has 0 atom stereocenters. The lowest BCUT2D eigenvalue weighted by Crippen LogP contribution is -2.40. The van der Waals surface area contributed by atoms with Crippen molar-refractivity contribution in [2.24, 2.45) is 4.99 Å². The highest BCUT2D eigenvalue weighted by atomic mass is 32.2. The molecule has 1 amide bonds. The zero-order valence-electron chi connectivity index (χ0n) is 25.3. The van der Waals surface area contributed by atoms with Crippen LogP contribution in [0.4, 0.5) is 5.82 Å². The third kappa shape index (κ3) is 6.33. The van der Waals surface area contributed by atoms with Gasteiger partial charge in [-0.15, -0.1) is 0 Å². The van der Waals surface area contributed by atoms with E-state index in [1.54, 1.807) is 45.2 Å². The molecule has 1 aromatic heterocycles. The van der Waals surface area contributed by atoms with Crippen LogP contribution in [0, 0.1) is 13.8 Å². The first kappa shape index (κ1) is 30.7. The number of rotatable bonds is 13. The second-order valence-corrected chi connectivity index (χ2v) is 12.9. The van der Waals surface area contributed by atoms with Gasteiger partial charge in [-0.1, -0.05) is 61.7 Å². The Balaban J connectivity index is 1.49. The summed E-state index contributed by atoms with van der Waals surface area (Å²) in [5, 5.41) is 3.87. The van der Waals surface area contributed by atoms with Crippen LogP contribution in [0.2, 0.25) is 0 Å². The number of carbonyl (C=O) groups is 1. The van der Waals surface area contributed by atoms with Gasteiger partial charge in [0.15, 0.2) is 5.82 Å². The number of aromatic nitrogens is 1. The lowest BCUT2D eigenvalue weighted by molar-refractivity contribution is -0.131. The smallest absolute Gasteiger partial charge is 0.263 e. The van der Waals surface area contributed by atoms with Crippen LogP contribution >= 0.6 is 0 Å². The van der Waals surface area contributed by atoms with Gasteiger partial charge in [-0.05, 0) is 50.8 Å². The van der Waals surface area contributed by atoms with Crippen molar-refractivity contribution in [1.82, 2.24) is 10.1 Å². The first-order valence-corrected chi connectivity index (χ1v) is 16.4. The molecule has 2 aromatic carbocycles. The van der Waals surface area contributed by atoms with Crippen LogP contribution in [0.15, 0.2) is 56.9 Å². The van der Waals surface area contributed by atoms with Crippen molar-refractivity contribution in [3.05, 3.63) is 59.4 Å². The molecule has 230 valence electrons. The number of amidine groups is 1. The number of aliphatic imine (C=N–C) groups is 1. The topological polar surface area (TPSA) is 123 Å². The fraction of sp³-hybridized carbons (Fsp3) is 0.469. The third-order valence-electron chi connectivity index (χ3n) is 8.27. The Kier molecular flexibility index (Phi) is 9.22. The SMILES string of the molecule is CCCCC1=NC2(CCCC2)C(=O)N1Cc1ccc(-c2ccccc2S(=O)(=O)Nc2noc(C)c2C)c(OCCOC)c1. The summed E-state index contributed by atoms with van der Waals surface area (Å²) in [6, 6.07) is 12.4. The molecule has 2 heterocycles. The minimum Gasteiger partial charge on any atom is -0.491 e. The van der Waals surface area contributed by atoms with Crippen molar-refractivity contribution in [3.63, 3.8) is 0 Å². The molecule has 0 bridgehead atoms. The number of anilines is 1. The Labute approximate surface area is 253 Å². The molecule has 0 saturated heterocycles. The van der Waals surface area contributed by atoms with E-state index in [4.69, 9.17) is 19.0 Å². The molecule has 1 N–H and O–H groups in total. The number of unbranched alkanes of at least 4 members (excludes halogenated alkanes) is 1. The number of hydrogen-bond acceptors (Lipinski definition) is 8. The Hall–Kier alpha value is -3.70. The van der Waals surface area contributed by atoms with Crippen LogP contribution in [0.25, 0.3) is 11.1 Å². The summed E-state index contributed by atoms with van der Waals surface area (Å²) in [7, 11) is -2.44. The summed E-state index contributed by atoms with van der Waals surface area (Å²) >= 11 is 0. The Morgan fingerprint density at radius 3 is 2.53 bits per heavy atom. The van der Waals surface area contributed by atoms with E-state index in [1.165, 1.54) is 0 Å². The summed E-state index contributed by atoms with van der Waals surface area (Å²) in [6.45, 7) is 6.60. The molecular formula is C32H40N4O6S. The van der Waals surface area contributed by atoms with E-state index < -0.39 is 15.6 Å². The van der Waals surface area contributed by atoms with Crippen LogP contribution in [0.1, 0.15) is 68.8 Å². The van der Waals surface area contributed by atoms with Crippen LogP contribution in [0.5, 0.6) is 5.75 Å². The van der Waals surface area contributed by atoms with Crippen molar-refractivity contribution in [3.8, 4) is 16.9 Å². The second-order valence-electron chi connectivity index (χ2n) is 11.2. The van der Waals surface area contributed by atoms with E-state index in [1.807, 2.05) is 23.1 Å². The molecule has 1 saturated carbocycles. The van der Waals surface area contributed by atoms with Gasteiger partial charge in [0.05, 0.1) is 18.0 Å². The van der Waals surface area contributed by atoms with Gasteiger partial charge in [-0.2, -0.15) is 0 Å². The number of nitrogens with one attached hydrogen (secondary N) is 1. The Morgan fingerprint density at radius 1 is 1.07 bits per heavy atom. The summed E-state index contributed by atoms with van der Waals surface area (Å²) in [4.78, 5) is 20.6. The largest absolute Gasteiger partial charge is 0.491 e. The molecule has 1 fully saturated rings. The first-order chi connectivity index (χ1) is 20.7. The molecule has 3 aromatic rings. The Bertz CT molecular complexity index is 1610. The number of sulfonamides is 1. The highest BCUT2D eigenvalue weighted by Crippen LogP contribution is 2.41. The maximum atomic E-state index is 13.7. The molecular weight excluding hydrogens is 568 g/mol. The molecule has 5 rings (SSSR count). The highest BCUT2D eigenvalue weighted by Gasteiger charge is 2.49. The lowest BCUT2D eigenvalue weighted by Gasteiger charge is -2.23. The van der Waals surface area contributed by atoms with E-state index in [2.05, 4.69) is 16.8 Å². The molecule has 1 aliphatic carbocycles. The number of ether oxygens (including phenoxy) is 2. The molecule has 0 unspecified atom stereocenters. The summed E-state index contributed by atoms with van der Waals surface area (Å²) < 4.78 is 46.3. The number of nitrogens with zero attached hydrogens (tertiary/aromatic N) is 3. The summed E-state index contributed by atoms with van der Waals surface area (Å²) in [5.41, 5.74) is 1.96. The third-order valence-corrected chi connectivity index (χ3v) is 9.67. The number of hydrogen-bond donors (Lipinski definition) is 1. The molecule has 43 heavy (non-hydrogen) atoms. The predicted molar refractivity (Wildman–Crippen MR) is 165 cm³/mol. The molecule has 1 spiro atoms. The molecule has 11 heteroatoms. The van der Waals surface area contributed by atoms with Crippen molar-refractivity contribution < 1.29 is 27.2 Å². The lowest BCUT2D eigenvalue weighted by atomic mass is 9.98. The summed E-state index contributed by atoms with van der Waals surface area (Å²) in [5.74, 6) is 2.13. The minimum absolute atomic E-state index is 0.0753. The van der Waals surface area contributed by atoms with Crippen molar-refractivity contribution in [2.45, 2.75) is 82.7 Å². The molecule has 0 radical (unpaired) electrons. The van der Waals surface area contributed by atoms with Gasteiger partial charge >= 0.3 is 0 Å². The van der Waals surface area contributed by atoms with Crippen LogP contribution in [-0.4, -0.2) is 56.1 Å². The first-order valence-electron chi connectivity index (χ1n) is 14.9. The van der Waals surface area contributed by atoms with Crippen LogP contribution < -0.4 is 9.46 Å². The van der Waals surface area contributed by atoms with Gasteiger partial charge in [0.1, 0.15) is 29.5 Å². The van der Waals surface area contributed by atoms with Crippen molar-refractivity contribution in [2.75, 3.05) is 25.0 Å². The van der Waals surface area contributed by atoms with Gasteiger partial charge in [0, 0.05) is 30.2 Å². The standard InChI is InChI=1S/C32H40N4O6S/c1-5-6-13-29-33-32(16-9-10-17-32)31(37)36(29)21-24-14-15-25(27(20-24)41-19-18-40-4)26-11-7-8-12-28(26)43(38,39)35-30-22(2)23(3)42-34-30/h7-8,11-12,14-15,20H,5-6,9-10,13,16-19,21H2,1-4H3,(H,34,35). The van der Waals surface area contributed by atoms with E-state index in [-0.39, 0.29) is 23.2 Å². The van der Waals surface area contributed by atoms with Gasteiger partial charge in [0.2, 0.25) is 0 Å². The fourth-order valence-corrected chi connectivity index (χ4v) is 7.02. The van der Waals surface area contributed by atoms with Gasteiger partial charge in [-0.3, -0.25) is 19.4 Å². The second kappa shape index (κ2) is 12.9. The zero-order chi connectivity index (χ0) is 30.6. The maximum absolute atomic E-state index is 13.7. The number of amides is 1. The van der Waals surface area contributed by atoms with Crippen molar-refractivity contribution >= 4 is 27.6 Å². The summed E-state index contributed by atoms with van der Waals surface area (Å²) in [6.07, 6.45) is 6.39. The van der Waals surface area contributed by atoms with Gasteiger partial charge < -0.3 is 14.0 Å². The number of methoxy groups -OCH3 is 1. The van der Waals surface area contributed by atoms with E-state index in [0.29, 0.717) is 41.4 Å². The average molecular weight is 609 g/mol. The monoisotopic (exact) mass is 608 g/mol. The maximum Gasteiger partial charge on any atom is 0.263 e. The Morgan fingerprint density at radius 2 is 1.84 bits per heavy atom. The van der Waals surface area contributed by atoms with Crippen molar-refractivity contribution in [1.29, 1.82) is 0 Å². The predicted octanol–water partition coefficient (Wildman–Crippen LogP) is 6.03. The molecule has 10 nitrogen and oxygen atoms in total. The van der Waals surface area contributed by atoms with Gasteiger partial charge in [-0.25, -0.2) is 8.42 Å². The highest BCUT2D eigenvalue weighted by molar-refractivity contribution is 7.92. The number of benzene rings is 2. The van der Waals surface area contributed by atoms with Gasteiger partial charge in [0.25, 0.3) is 15.9 Å². The minimum atomic E-state index is -4.03. The number of carbonyl (C=O) groups excluding carboxylic acids is 1. The van der Waals surface area contributed by atoms with Crippen LogP contribution in [-0.2, 0) is 26.1 Å². The molecule has 2 aliphatic rings. The van der Waals surface area contributed by atoms with E-state index in [9.17, 15) is 13.2 Å².